The van der Waals surface area contributed by atoms with Gasteiger partial charge in [0.05, 0.1) is 22.9 Å². The van der Waals surface area contributed by atoms with Crippen LogP contribution < -0.4 is 10.2 Å². The van der Waals surface area contributed by atoms with E-state index >= 15 is 0 Å². The van der Waals surface area contributed by atoms with E-state index < -0.39 is 17.6 Å². The molecule has 2 amide bonds. The molecule has 0 fully saturated rings. The summed E-state index contributed by atoms with van der Waals surface area (Å²) in [6.45, 7) is 0. The van der Waals surface area contributed by atoms with E-state index in [4.69, 9.17) is 16.9 Å². The second-order valence-corrected chi connectivity index (χ2v) is 6.93. The first kappa shape index (κ1) is 19.4. The van der Waals surface area contributed by atoms with Crippen LogP contribution in [0.25, 0.3) is 5.57 Å². The van der Waals surface area contributed by atoms with Crippen LogP contribution in [0.15, 0.2) is 78.5 Å². The number of carbonyl (C=O) groups excluding carboxylic acids is 2. The van der Waals surface area contributed by atoms with Gasteiger partial charge in [-0.2, -0.15) is 5.26 Å². The van der Waals surface area contributed by atoms with Gasteiger partial charge < -0.3 is 5.32 Å². The fourth-order valence-electron chi connectivity index (χ4n) is 3.13. The second-order valence-electron chi connectivity index (χ2n) is 6.49. The number of amides is 2. The molecule has 0 radical (unpaired) electrons. The highest BCUT2D eigenvalue weighted by atomic mass is 35.5. The molecule has 0 atom stereocenters. The Labute approximate surface area is 176 Å². The minimum Gasteiger partial charge on any atom is -0.350 e. The molecule has 1 heterocycles. The van der Waals surface area contributed by atoms with Gasteiger partial charge in [-0.25, -0.2) is 9.29 Å². The minimum absolute atomic E-state index is 0.0679. The zero-order valence-electron chi connectivity index (χ0n) is 15.4. The van der Waals surface area contributed by atoms with Crippen molar-refractivity contribution in [1.29, 1.82) is 5.26 Å². The molecule has 0 saturated heterocycles. The smallest absolute Gasteiger partial charge is 0.282 e. The summed E-state index contributed by atoms with van der Waals surface area (Å²) in [4.78, 5) is 27.5. The highest BCUT2D eigenvalue weighted by Crippen LogP contribution is 2.34. The lowest BCUT2D eigenvalue weighted by Gasteiger charge is -2.15. The van der Waals surface area contributed by atoms with E-state index in [0.29, 0.717) is 27.5 Å². The van der Waals surface area contributed by atoms with Crippen molar-refractivity contribution in [2.45, 2.75) is 0 Å². The van der Waals surface area contributed by atoms with E-state index in [1.807, 2.05) is 6.07 Å². The van der Waals surface area contributed by atoms with Crippen LogP contribution in [0.5, 0.6) is 0 Å². The number of imide groups is 1. The highest BCUT2D eigenvalue weighted by Gasteiger charge is 2.40. The summed E-state index contributed by atoms with van der Waals surface area (Å²) < 4.78 is 13.3. The predicted octanol–water partition coefficient (Wildman–Crippen LogP) is 4.75. The van der Waals surface area contributed by atoms with E-state index in [-0.39, 0.29) is 11.3 Å². The molecule has 1 aliphatic heterocycles. The molecule has 4 rings (SSSR count). The Hall–Kier alpha value is -3.95. The minimum atomic E-state index is -0.556. The lowest BCUT2D eigenvalue weighted by Crippen LogP contribution is -2.32. The van der Waals surface area contributed by atoms with Crippen molar-refractivity contribution in [3.63, 3.8) is 0 Å². The molecule has 7 heteroatoms. The number of hydrogen-bond donors (Lipinski definition) is 1. The summed E-state index contributed by atoms with van der Waals surface area (Å²) >= 11 is 5.96. The van der Waals surface area contributed by atoms with E-state index in [9.17, 15) is 14.0 Å². The molecule has 5 nitrogen and oxygen atoms in total. The molecule has 0 unspecified atom stereocenters. The van der Waals surface area contributed by atoms with Gasteiger partial charge in [0, 0.05) is 10.7 Å². The van der Waals surface area contributed by atoms with Crippen LogP contribution in [0.3, 0.4) is 0 Å². The van der Waals surface area contributed by atoms with Crippen LogP contribution in [0.2, 0.25) is 5.02 Å². The predicted molar refractivity (Wildman–Crippen MR) is 112 cm³/mol. The summed E-state index contributed by atoms with van der Waals surface area (Å²) in [6.07, 6.45) is 0. The Kier molecular flexibility index (Phi) is 5.05. The van der Waals surface area contributed by atoms with Crippen molar-refractivity contribution >= 4 is 40.4 Å². The zero-order chi connectivity index (χ0) is 21.3. The van der Waals surface area contributed by atoms with Crippen LogP contribution in [0.1, 0.15) is 11.1 Å². The Morgan fingerprint density at radius 2 is 1.50 bits per heavy atom. The Morgan fingerprint density at radius 1 is 0.867 bits per heavy atom. The van der Waals surface area contributed by atoms with Gasteiger partial charge in [-0.05, 0) is 66.2 Å². The monoisotopic (exact) mass is 417 g/mol. The molecule has 0 bridgehead atoms. The van der Waals surface area contributed by atoms with Crippen molar-refractivity contribution < 1.29 is 14.0 Å². The van der Waals surface area contributed by atoms with Gasteiger partial charge in [0.15, 0.2) is 0 Å². The fraction of sp³-hybridized carbons (Fsp3) is 0. The zero-order valence-corrected chi connectivity index (χ0v) is 16.2. The van der Waals surface area contributed by atoms with Gasteiger partial charge in [-0.3, -0.25) is 9.59 Å². The van der Waals surface area contributed by atoms with Crippen molar-refractivity contribution in [3.05, 3.63) is 100 Å². The Bertz CT molecular complexity index is 1210. The standard InChI is InChI=1S/C23H13ClFN3O2/c24-16-5-3-15(4-6-16)20-21(27-18-9-7-17(25)8-10-18)23(30)28(22(20)29)19-11-1-14(13-26)2-12-19/h1-12,27H. The van der Waals surface area contributed by atoms with Gasteiger partial charge in [-0.1, -0.05) is 23.7 Å². The first-order valence-electron chi connectivity index (χ1n) is 8.89. The normalized spacial score (nSPS) is 13.6. The van der Waals surface area contributed by atoms with Gasteiger partial charge in [0.25, 0.3) is 11.8 Å². The van der Waals surface area contributed by atoms with Crippen molar-refractivity contribution in [3.8, 4) is 6.07 Å². The topological polar surface area (TPSA) is 73.2 Å². The van der Waals surface area contributed by atoms with E-state index in [1.54, 1.807) is 24.3 Å². The van der Waals surface area contributed by atoms with Crippen molar-refractivity contribution in [1.82, 2.24) is 0 Å². The molecular weight excluding hydrogens is 405 g/mol. The summed E-state index contributed by atoms with van der Waals surface area (Å²) in [5.74, 6) is -1.49. The SMILES string of the molecule is N#Cc1ccc(N2C(=O)C(Nc3ccc(F)cc3)=C(c3ccc(Cl)cc3)C2=O)cc1. The molecule has 3 aromatic carbocycles. The number of anilines is 2. The lowest BCUT2D eigenvalue weighted by molar-refractivity contribution is -0.120. The number of rotatable bonds is 4. The van der Waals surface area contributed by atoms with Crippen LogP contribution in [0, 0.1) is 17.1 Å². The van der Waals surface area contributed by atoms with Crippen molar-refractivity contribution in [2.24, 2.45) is 0 Å². The number of nitriles is 1. The summed E-state index contributed by atoms with van der Waals surface area (Å²) in [6, 6.07) is 20.1. The number of halogens is 2. The van der Waals surface area contributed by atoms with Crippen molar-refractivity contribution in [2.75, 3.05) is 10.2 Å². The molecule has 1 aliphatic rings. The van der Waals surface area contributed by atoms with Gasteiger partial charge in [-0.15, -0.1) is 0 Å². The summed E-state index contributed by atoms with van der Waals surface area (Å²) in [5.41, 5.74) is 1.96. The molecule has 0 aromatic heterocycles. The third-order valence-electron chi connectivity index (χ3n) is 4.58. The maximum absolute atomic E-state index is 13.3. The average molecular weight is 418 g/mol. The molecule has 3 aromatic rings. The number of nitrogens with one attached hydrogen (secondary N) is 1. The maximum atomic E-state index is 13.3. The van der Waals surface area contributed by atoms with E-state index in [0.717, 1.165) is 4.90 Å². The fourth-order valence-corrected chi connectivity index (χ4v) is 3.25. The number of benzene rings is 3. The maximum Gasteiger partial charge on any atom is 0.282 e. The third-order valence-corrected chi connectivity index (χ3v) is 4.84. The van der Waals surface area contributed by atoms with Gasteiger partial charge >= 0.3 is 0 Å². The second kappa shape index (κ2) is 7.82. The average Bonchev–Trinajstić information content (AvgIpc) is 3.00. The molecular formula is C23H13ClFN3O2. The van der Waals surface area contributed by atoms with Gasteiger partial charge in [0.2, 0.25) is 0 Å². The number of carbonyl (C=O) groups is 2. The van der Waals surface area contributed by atoms with E-state index in [1.165, 1.54) is 48.5 Å². The number of hydrogen-bond acceptors (Lipinski definition) is 4. The largest absolute Gasteiger partial charge is 0.350 e. The third kappa shape index (κ3) is 3.54. The van der Waals surface area contributed by atoms with E-state index in [2.05, 4.69) is 5.32 Å². The molecule has 0 saturated carbocycles. The summed E-state index contributed by atoms with van der Waals surface area (Å²) in [7, 11) is 0. The molecule has 30 heavy (non-hydrogen) atoms. The molecule has 146 valence electrons. The number of nitrogens with zero attached hydrogens (tertiary/aromatic N) is 2. The van der Waals surface area contributed by atoms with Gasteiger partial charge in [0.1, 0.15) is 11.5 Å². The molecule has 0 aliphatic carbocycles. The molecule has 0 spiro atoms. The Morgan fingerprint density at radius 3 is 2.10 bits per heavy atom. The Balaban J connectivity index is 1.80. The lowest BCUT2D eigenvalue weighted by atomic mass is 10.0. The highest BCUT2D eigenvalue weighted by molar-refractivity contribution is 6.46. The van der Waals surface area contributed by atoms with Crippen LogP contribution in [-0.2, 0) is 9.59 Å². The van der Waals surface area contributed by atoms with Crippen LogP contribution in [0.4, 0.5) is 15.8 Å². The summed E-state index contributed by atoms with van der Waals surface area (Å²) in [5, 5.41) is 12.4. The molecule has 1 N–H and O–H groups in total. The van der Waals surface area contributed by atoms with Crippen LogP contribution >= 0.6 is 11.6 Å². The first-order valence-corrected chi connectivity index (χ1v) is 9.27. The quantitative estimate of drug-likeness (QED) is 0.622. The van der Waals surface area contributed by atoms with Crippen LogP contribution in [-0.4, -0.2) is 11.8 Å². The first-order chi connectivity index (χ1) is 14.5.